The van der Waals surface area contributed by atoms with Gasteiger partial charge < -0.3 is 16.3 Å². The first-order valence-corrected chi connectivity index (χ1v) is 11.0. The Kier molecular flexibility index (Phi) is 5.20. The Morgan fingerprint density at radius 3 is 2.55 bits per heavy atom. The lowest BCUT2D eigenvalue weighted by molar-refractivity contribution is 0.147. The smallest absolute Gasteiger partial charge is 0.269 e. The van der Waals surface area contributed by atoms with E-state index in [1.54, 1.807) is 30.3 Å². The Hall–Kier alpha value is -2.62. The number of aryl methyl sites for hydroxylation is 1. The van der Waals surface area contributed by atoms with Crippen molar-refractivity contribution in [3.05, 3.63) is 48.3 Å². The molecule has 154 valence electrons. The molecule has 4 rings (SSSR count). The third-order valence-corrected chi connectivity index (χ3v) is 7.11. The minimum Gasteiger partial charge on any atom is -0.396 e. The lowest BCUT2D eigenvalue weighted by atomic mass is 9.99. The summed E-state index contributed by atoms with van der Waals surface area (Å²) in [5.41, 5.74) is 11.9. The second-order valence-corrected chi connectivity index (χ2v) is 9.30. The quantitative estimate of drug-likeness (QED) is 0.585. The summed E-state index contributed by atoms with van der Waals surface area (Å²) < 4.78 is 27.4. The van der Waals surface area contributed by atoms with Crippen LogP contribution in [0.5, 0.6) is 0 Å². The minimum absolute atomic E-state index is 0.204. The van der Waals surface area contributed by atoms with Gasteiger partial charge in [-0.15, -0.1) is 0 Å². The average Bonchev–Trinajstić information content (AvgIpc) is 3.16. The maximum absolute atomic E-state index is 13.1. The number of pyridine rings is 1. The van der Waals surface area contributed by atoms with Gasteiger partial charge in [0.2, 0.25) is 0 Å². The highest BCUT2D eigenvalue weighted by molar-refractivity contribution is 7.90. The molecule has 0 spiro atoms. The molecule has 1 saturated heterocycles. The lowest BCUT2D eigenvalue weighted by Crippen LogP contribution is -2.39. The summed E-state index contributed by atoms with van der Waals surface area (Å²) in [6.45, 7) is 3.66. The van der Waals surface area contributed by atoms with E-state index in [0.717, 1.165) is 31.5 Å². The van der Waals surface area contributed by atoms with Crippen LogP contribution in [0.3, 0.4) is 0 Å². The molecule has 3 aromatic rings. The molecule has 9 heteroatoms. The molecule has 1 aliphatic rings. The van der Waals surface area contributed by atoms with Gasteiger partial charge in [0.25, 0.3) is 10.0 Å². The molecule has 1 aromatic carbocycles. The highest BCUT2D eigenvalue weighted by Gasteiger charge is 2.23. The molecular weight excluding hydrogens is 390 g/mol. The predicted octanol–water partition coefficient (Wildman–Crippen LogP) is 2.20. The summed E-state index contributed by atoms with van der Waals surface area (Å²) in [7, 11) is -3.77. The number of anilines is 2. The van der Waals surface area contributed by atoms with Crippen molar-refractivity contribution in [3.63, 3.8) is 0 Å². The Balaban J connectivity index is 1.69. The van der Waals surface area contributed by atoms with Crippen molar-refractivity contribution in [3.8, 4) is 0 Å². The molecule has 8 nitrogen and oxygen atoms in total. The predicted molar refractivity (Wildman–Crippen MR) is 113 cm³/mol. The summed E-state index contributed by atoms with van der Waals surface area (Å²) in [5.74, 6) is 0.323. The fraction of sp³-hybridized carbons (Fsp3) is 0.350. The summed E-state index contributed by atoms with van der Waals surface area (Å²) >= 11 is 0. The number of rotatable bonds is 5. The summed E-state index contributed by atoms with van der Waals surface area (Å²) in [6.07, 6.45) is 4.77. The standard InChI is InChI=1S/C20H25N5O3S/c1-14-2-4-16(5-3-14)29(27,28)25-11-8-17-19(18(21)12-22-20(17)25)23-24-9-6-15(13-26)7-10-24/h2-5,8,11-12,15,26H,6-7,9-10,13,21H2,1H3,(H,22,23). The van der Waals surface area contributed by atoms with E-state index in [2.05, 4.69) is 10.4 Å². The number of hydrogen-bond acceptors (Lipinski definition) is 7. The average molecular weight is 416 g/mol. The van der Waals surface area contributed by atoms with Crippen LogP contribution >= 0.6 is 0 Å². The Morgan fingerprint density at radius 2 is 1.90 bits per heavy atom. The highest BCUT2D eigenvalue weighted by atomic mass is 32.2. The van der Waals surface area contributed by atoms with E-state index in [9.17, 15) is 13.5 Å². The molecule has 0 amide bonds. The van der Waals surface area contributed by atoms with E-state index in [4.69, 9.17) is 5.73 Å². The van der Waals surface area contributed by atoms with Gasteiger partial charge >= 0.3 is 0 Å². The molecule has 4 N–H and O–H groups in total. The van der Waals surface area contributed by atoms with Crippen molar-refractivity contribution in [1.29, 1.82) is 0 Å². The second kappa shape index (κ2) is 7.66. The van der Waals surface area contributed by atoms with Crippen molar-refractivity contribution < 1.29 is 13.5 Å². The van der Waals surface area contributed by atoms with Crippen LogP contribution in [0.2, 0.25) is 0 Å². The Labute approximate surface area is 170 Å². The molecule has 0 aliphatic carbocycles. The van der Waals surface area contributed by atoms with E-state index in [1.807, 2.05) is 11.9 Å². The normalized spacial score (nSPS) is 16.3. The SMILES string of the molecule is Cc1ccc(S(=O)(=O)n2ccc3c(NN4CCC(CO)CC4)c(N)cnc32)cc1. The van der Waals surface area contributed by atoms with Gasteiger partial charge in [-0.25, -0.2) is 22.4 Å². The van der Waals surface area contributed by atoms with Crippen LogP contribution in [-0.2, 0) is 10.0 Å². The van der Waals surface area contributed by atoms with Crippen molar-refractivity contribution in [2.45, 2.75) is 24.7 Å². The van der Waals surface area contributed by atoms with Gasteiger partial charge in [0.15, 0.2) is 5.65 Å². The Morgan fingerprint density at radius 1 is 1.21 bits per heavy atom. The van der Waals surface area contributed by atoms with Crippen molar-refractivity contribution in [1.82, 2.24) is 14.0 Å². The lowest BCUT2D eigenvalue weighted by Gasteiger charge is -2.32. The van der Waals surface area contributed by atoms with Crippen molar-refractivity contribution in [2.24, 2.45) is 5.92 Å². The van der Waals surface area contributed by atoms with Crippen molar-refractivity contribution >= 4 is 32.4 Å². The summed E-state index contributed by atoms with van der Waals surface area (Å²) in [4.78, 5) is 4.50. The van der Waals surface area contributed by atoms with Gasteiger partial charge in [0.1, 0.15) is 0 Å². The Bertz CT molecular complexity index is 1120. The number of nitrogens with zero attached hydrogens (tertiary/aromatic N) is 3. The number of aromatic nitrogens is 2. The van der Waals surface area contributed by atoms with Crippen LogP contribution in [0.1, 0.15) is 18.4 Å². The van der Waals surface area contributed by atoms with Crippen LogP contribution in [0.4, 0.5) is 11.4 Å². The van der Waals surface area contributed by atoms with Crippen LogP contribution in [-0.4, -0.2) is 47.2 Å². The first-order chi connectivity index (χ1) is 13.9. The highest BCUT2D eigenvalue weighted by Crippen LogP contribution is 2.31. The number of nitrogens with one attached hydrogen (secondary N) is 1. The fourth-order valence-electron chi connectivity index (χ4n) is 3.61. The third kappa shape index (κ3) is 3.68. The third-order valence-electron chi connectivity index (χ3n) is 5.43. The summed E-state index contributed by atoms with van der Waals surface area (Å²) in [5, 5.41) is 12.0. The van der Waals surface area contributed by atoms with Gasteiger partial charge in [0, 0.05) is 31.3 Å². The van der Waals surface area contributed by atoms with E-state index >= 15 is 0 Å². The zero-order valence-electron chi connectivity index (χ0n) is 16.2. The van der Waals surface area contributed by atoms with E-state index < -0.39 is 10.0 Å². The molecule has 0 atom stereocenters. The first kappa shape index (κ1) is 19.7. The minimum atomic E-state index is -3.77. The maximum atomic E-state index is 13.1. The van der Waals surface area contributed by atoms with E-state index in [1.165, 1.54) is 16.4 Å². The number of benzene rings is 1. The number of piperidine rings is 1. The summed E-state index contributed by atoms with van der Waals surface area (Å²) in [6, 6.07) is 8.45. The number of nitrogens with two attached hydrogens (primary N) is 1. The van der Waals surface area contributed by atoms with Crippen LogP contribution in [0.25, 0.3) is 11.0 Å². The second-order valence-electron chi connectivity index (χ2n) is 7.48. The van der Waals surface area contributed by atoms with Crippen LogP contribution < -0.4 is 11.2 Å². The number of fused-ring (bicyclic) bond motifs is 1. The number of hydrogen-bond donors (Lipinski definition) is 3. The molecule has 2 aromatic heterocycles. The van der Waals surface area contributed by atoms with Gasteiger partial charge in [-0.3, -0.25) is 0 Å². The molecule has 0 bridgehead atoms. The molecule has 0 unspecified atom stereocenters. The zero-order valence-corrected chi connectivity index (χ0v) is 17.1. The molecule has 0 saturated carbocycles. The van der Waals surface area contributed by atoms with Gasteiger partial charge in [-0.2, -0.15) is 0 Å². The number of aliphatic hydroxyl groups is 1. The molecule has 1 fully saturated rings. The first-order valence-electron chi connectivity index (χ1n) is 9.60. The van der Waals surface area contributed by atoms with Gasteiger partial charge in [0.05, 0.1) is 22.5 Å². The number of aliphatic hydroxyl groups excluding tert-OH is 1. The van der Waals surface area contributed by atoms with Gasteiger partial charge in [-0.1, -0.05) is 17.7 Å². The monoisotopic (exact) mass is 415 g/mol. The van der Waals surface area contributed by atoms with Crippen LogP contribution in [0, 0.1) is 12.8 Å². The van der Waals surface area contributed by atoms with Crippen molar-refractivity contribution in [2.75, 3.05) is 30.9 Å². The number of nitrogen functional groups attached to an aromatic ring is 1. The fourth-order valence-corrected chi connectivity index (χ4v) is 4.91. The zero-order chi connectivity index (χ0) is 20.6. The molecule has 1 aliphatic heterocycles. The van der Waals surface area contributed by atoms with E-state index in [0.29, 0.717) is 28.3 Å². The maximum Gasteiger partial charge on any atom is 0.269 e. The van der Waals surface area contributed by atoms with E-state index in [-0.39, 0.29) is 11.5 Å². The topological polar surface area (TPSA) is 113 Å². The van der Waals surface area contributed by atoms with Crippen LogP contribution in [0.15, 0.2) is 47.6 Å². The number of hydrazine groups is 1. The largest absolute Gasteiger partial charge is 0.396 e. The van der Waals surface area contributed by atoms with Gasteiger partial charge in [-0.05, 0) is 43.9 Å². The molecule has 29 heavy (non-hydrogen) atoms. The molecular formula is C20H25N5O3S. The molecule has 3 heterocycles. The molecule has 0 radical (unpaired) electrons.